The number of hydrogen-bond acceptors (Lipinski definition) is 7. The summed E-state index contributed by atoms with van der Waals surface area (Å²) < 4.78 is 54.7. The van der Waals surface area contributed by atoms with Gasteiger partial charge in [0.25, 0.3) is 10.1 Å². The molecular formula is C24H41N3O8S. The van der Waals surface area contributed by atoms with Gasteiger partial charge in [-0.15, -0.1) is 0 Å². The standard InChI is InChI=1S/C24H41N3O8S/c1-14(2)8-19(27-24(31)35-13-17-10-15-4-3-5-16(9-15)11-17)22(29)26-20(23(30)36(32,33)34)12-18-6-7-25-21(18)28/h14-20,23,30H,3-13H2,1-2H3,(H,25,28)(H,26,29)(H,27,31)(H,32,33,34)/t15?,16?,17?,18-,19+,20+,23?/m1/s1/i13D2. The Morgan fingerprint density at radius 1 is 1.17 bits per heavy atom. The second-order valence-corrected chi connectivity index (χ2v) is 12.4. The molecule has 3 aliphatic rings. The van der Waals surface area contributed by atoms with Gasteiger partial charge in [-0.05, 0) is 62.2 Å². The molecule has 12 heteroatoms. The van der Waals surface area contributed by atoms with Crippen molar-refractivity contribution >= 4 is 28.0 Å². The topological polar surface area (TPSA) is 171 Å². The van der Waals surface area contributed by atoms with E-state index in [4.69, 9.17) is 7.48 Å². The van der Waals surface area contributed by atoms with Crippen LogP contribution in [0.2, 0.25) is 0 Å². The molecule has 0 spiro atoms. The predicted molar refractivity (Wildman–Crippen MR) is 131 cm³/mol. The van der Waals surface area contributed by atoms with Gasteiger partial charge in [0.05, 0.1) is 15.3 Å². The zero-order chi connectivity index (χ0) is 28.3. The normalized spacial score (nSPS) is 29.9. The second kappa shape index (κ2) is 12.6. The van der Waals surface area contributed by atoms with Crippen LogP contribution in [0.3, 0.4) is 0 Å². The zero-order valence-corrected chi connectivity index (χ0v) is 21.8. The van der Waals surface area contributed by atoms with Crippen molar-refractivity contribution in [3.63, 3.8) is 0 Å². The van der Waals surface area contributed by atoms with E-state index in [0.29, 0.717) is 37.6 Å². The lowest BCUT2D eigenvalue weighted by Crippen LogP contribution is -2.55. The third-order valence-corrected chi connectivity index (χ3v) is 8.38. The minimum atomic E-state index is -4.97. The summed E-state index contributed by atoms with van der Waals surface area (Å²) >= 11 is 0. The molecular weight excluding hydrogens is 490 g/mol. The van der Waals surface area contributed by atoms with Crippen molar-refractivity contribution in [1.29, 1.82) is 0 Å². The van der Waals surface area contributed by atoms with E-state index >= 15 is 0 Å². The Labute approximate surface area is 216 Å². The van der Waals surface area contributed by atoms with Crippen molar-refractivity contribution in [1.82, 2.24) is 16.0 Å². The molecule has 1 heterocycles. The maximum atomic E-state index is 13.1. The number of aliphatic hydroxyl groups is 1. The Hall–Kier alpha value is -1.92. The smallest absolute Gasteiger partial charge is 0.407 e. The van der Waals surface area contributed by atoms with Crippen LogP contribution in [0.1, 0.15) is 74.4 Å². The molecule has 206 valence electrons. The zero-order valence-electron chi connectivity index (χ0n) is 22.9. The summed E-state index contributed by atoms with van der Waals surface area (Å²) in [7, 11) is -4.97. The molecule has 2 aliphatic carbocycles. The minimum Gasteiger partial charge on any atom is -0.449 e. The van der Waals surface area contributed by atoms with E-state index in [1.165, 1.54) is 0 Å². The van der Waals surface area contributed by atoms with Gasteiger partial charge < -0.3 is 25.8 Å². The van der Waals surface area contributed by atoms with E-state index in [1.807, 2.05) is 0 Å². The molecule has 3 rings (SSSR count). The molecule has 3 unspecified atom stereocenters. The fourth-order valence-corrected chi connectivity index (χ4v) is 6.35. The van der Waals surface area contributed by atoms with Gasteiger partial charge in [-0.2, -0.15) is 8.42 Å². The van der Waals surface area contributed by atoms with Gasteiger partial charge in [0.15, 0.2) is 0 Å². The lowest BCUT2D eigenvalue weighted by molar-refractivity contribution is -0.126. The highest BCUT2D eigenvalue weighted by molar-refractivity contribution is 7.86. The summed E-state index contributed by atoms with van der Waals surface area (Å²) in [5, 5.41) is 17.5. The Kier molecular flexibility index (Phi) is 8.97. The molecule has 0 aromatic carbocycles. The van der Waals surface area contributed by atoms with E-state index in [-0.39, 0.29) is 24.7 Å². The first-order valence-electron chi connectivity index (χ1n) is 13.9. The molecule has 1 aliphatic heterocycles. The summed E-state index contributed by atoms with van der Waals surface area (Å²) in [6, 6.07) is -2.76. The summed E-state index contributed by atoms with van der Waals surface area (Å²) in [5.41, 5.74) is -2.38. The summed E-state index contributed by atoms with van der Waals surface area (Å²) in [6.07, 6.45) is 4.68. The number of carbonyl (C=O) groups excluding carboxylic acids is 3. The van der Waals surface area contributed by atoms with Crippen LogP contribution in [0.4, 0.5) is 4.79 Å². The monoisotopic (exact) mass is 533 g/mol. The molecule has 2 bridgehead atoms. The van der Waals surface area contributed by atoms with Crippen molar-refractivity contribution in [2.75, 3.05) is 13.1 Å². The molecule has 5 N–H and O–H groups in total. The maximum absolute atomic E-state index is 13.1. The molecule has 0 radical (unpaired) electrons. The fourth-order valence-electron chi connectivity index (χ4n) is 5.75. The Morgan fingerprint density at radius 2 is 1.83 bits per heavy atom. The number of rotatable bonds is 11. The Bertz CT molecular complexity index is 968. The highest BCUT2D eigenvalue weighted by atomic mass is 32.2. The summed E-state index contributed by atoms with van der Waals surface area (Å²) in [6.45, 7) is 1.72. The largest absolute Gasteiger partial charge is 0.449 e. The molecule has 0 aromatic rings. The van der Waals surface area contributed by atoms with E-state index < -0.39 is 58.0 Å². The molecule has 0 aromatic heterocycles. The minimum absolute atomic E-state index is 0.105. The first kappa shape index (κ1) is 25.7. The molecule has 3 amide bonds. The number of ether oxygens (including phenoxy) is 1. The molecule has 11 nitrogen and oxygen atoms in total. The van der Waals surface area contributed by atoms with E-state index in [1.54, 1.807) is 13.8 Å². The predicted octanol–water partition coefficient (Wildman–Crippen LogP) is 1.56. The van der Waals surface area contributed by atoms with Gasteiger partial charge in [0, 0.05) is 12.5 Å². The van der Waals surface area contributed by atoms with Crippen molar-refractivity contribution in [3.8, 4) is 0 Å². The molecule has 6 atom stereocenters. The maximum Gasteiger partial charge on any atom is 0.407 e. The van der Waals surface area contributed by atoms with Gasteiger partial charge in [-0.3, -0.25) is 14.1 Å². The van der Waals surface area contributed by atoms with Gasteiger partial charge in [-0.1, -0.05) is 33.1 Å². The molecule has 3 fully saturated rings. The van der Waals surface area contributed by atoms with Crippen LogP contribution < -0.4 is 16.0 Å². The first-order valence-corrected chi connectivity index (χ1v) is 14.4. The summed E-state index contributed by atoms with van der Waals surface area (Å²) in [5.74, 6) is -1.60. The number of alkyl carbamates (subject to hydrolysis) is 1. The highest BCUT2D eigenvalue weighted by Gasteiger charge is 2.38. The highest BCUT2D eigenvalue weighted by Crippen LogP contribution is 2.42. The van der Waals surface area contributed by atoms with Crippen molar-refractivity contribution in [3.05, 3.63) is 0 Å². The molecule has 36 heavy (non-hydrogen) atoms. The van der Waals surface area contributed by atoms with E-state index in [9.17, 15) is 32.5 Å². The van der Waals surface area contributed by atoms with Crippen molar-refractivity contribution in [2.45, 2.75) is 89.2 Å². The van der Waals surface area contributed by atoms with Crippen LogP contribution in [0.15, 0.2) is 0 Å². The van der Waals surface area contributed by atoms with Crippen molar-refractivity contribution < 1.29 is 39.9 Å². The van der Waals surface area contributed by atoms with Crippen LogP contribution >= 0.6 is 0 Å². The van der Waals surface area contributed by atoms with Crippen LogP contribution in [-0.2, 0) is 24.4 Å². The molecule has 1 saturated heterocycles. The average molecular weight is 534 g/mol. The van der Waals surface area contributed by atoms with Crippen LogP contribution in [0, 0.1) is 29.6 Å². The lowest BCUT2D eigenvalue weighted by atomic mass is 9.68. The number of carbonyl (C=O) groups is 3. The summed E-state index contributed by atoms with van der Waals surface area (Å²) in [4.78, 5) is 37.9. The second-order valence-electron chi connectivity index (χ2n) is 10.9. The van der Waals surface area contributed by atoms with Crippen LogP contribution in [0.5, 0.6) is 0 Å². The van der Waals surface area contributed by atoms with Gasteiger partial charge in [0.1, 0.15) is 6.04 Å². The van der Waals surface area contributed by atoms with E-state index in [2.05, 4.69) is 16.0 Å². The van der Waals surface area contributed by atoms with Gasteiger partial charge >= 0.3 is 6.09 Å². The van der Waals surface area contributed by atoms with Gasteiger partial charge in [-0.25, -0.2) is 4.79 Å². The number of fused-ring (bicyclic) bond motifs is 2. The number of hydrogen-bond donors (Lipinski definition) is 5. The third kappa shape index (κ3) is 8.31. The van der Waals surface area contributed by atoms with Crippen molar-refractivity contribution in [2.24, 2.45) is 29.6 Å². The SMILES string of the molecule is [2H]C([2H])(OC(=O)N[C@@H](CC(C)C)C(=O)N[C@@H](C[C@H]1CCNC1=O)C(O)S(=O)(=O)O)C1CC2CCCC(C2)C1. The number of amides is 3. The van der Waals surface area contributed by atoms with Crippen LogP contribution in [-0.4, -0.2) is 66.6 Å². The third-order valence-electron chi connectivity index (χ3n) is 7.44. The molecule has 2 saturated carbocycles. The fraction of sp³-hybridized carbons (Fsp3) is 0.875. The Balaban J connectivity index is 1.67. The number of aliphatic hydroxyl groups excluding tert-OH is 1. The number of nitrogens with one attached hydrogen (secondary N) is 3. The van der Waals surface area contributed by atoms with Gasteiger partial charge in [0.2, 0.25) is 17.3 Å². The lowest BCUT2D eigenvalue weighted by Gasteiger charge is -2.38. The Morgan fingerprint density at radius 3 is 2.39 bits per heavy atom. The first-order chi connectivity index (χ1) is 17.7. The van der Waals surface area contributed by atoms with Crippen LogP contribution in [0.25, 0.3) is 0 Å². The quantitative estimate of drug-likeness (QED) is 0.249. The average Bonchev–Trinajstić information content (AvgIpc) is 3.20. The van der Waals surface area contributed by atoms with E-state index in [0.717, 1.165) is 25.7 Å².